The first kappa shape index (κ1) is 22.6. The number of pyridine rings is 1. The summed E-state index contributed by atoms with van der Waals surface area (Å²) >= 11 is 5.45. The van der Waals surface area contributed by atoms with Crippen LogP contribution in [-0.2, 0) is 21.0 Å². The quantitative estimate of drug-likeness (QED) is 0.581. The van der Waals surface area contributed by atoms with E-state index >= 15 is 0 Å². The number of rotatable bonds is 6. The summed E-state index contributed by atoms with van der Waals surface area (Å²) in [5.41, 5.74) is 3.09. The Kier molecular flexibility index (Phi) is 7.16. The number of benzene rings is 1. The molecular weight excluding hydrogens is 437 g/mol. The number of amides is 2. The van der Waals surface area contributed by atoms with Crippen LogP contribution in [0.25, 0.3) is 0 Å². The Balaban J connectivity index is 1.89. The topological polar surface area (TPSA) is 117 Å². The van der Waals surface area contributed by atoms with Gasteiger partial charge in [0.1, 0.15) is 0 Å². The molecule has 0 bridgehead atoms. The molecule has 3 N–H and O–H groups in total. The minimum absolute atomic E-state index is 0.191. The minimum atomic E-state index is -4.82. The third-order valence-electron chi connectivity index (χ3n) is 3.44. The standard InChI is InChI=1S/C16H14ClF3N4O4S/c17-13-4-3-11(8-12(13)16(18,19)20)29(27,28)22-7-5-14(25)23-24-15(26)10-2-1-6-21-9-10/h1-4,6,8-9,22H,5,7H2,(H,23,25)(H,24,26). The molecular formula is C16H14ClF3N4O4S. The van der Waals surface area contributed by atoms with Gasteiger partial charge < -0.3 is 0 Å². The number of alkyl halides is 3. The molecule has 0 spiro atoms. The number of nitrogens with zero attached hydrogens (tertiary/aromatic N) is 1. The van der Waals surface area contributed by atoms with Gasteiger partial charge in [-0.05, 0) is 30.3 Å². The Morgan fingerprint density at radius 3 is 2.48 bits per heavy atom. The molecule has 0 radical (unpaired) electrons. The number of halogens is 4. The van der Waals surface area contributed by atoms with Crippen molar-refractivity contribution in [2.75, 3.05) is 6.54 Å². The van der Waals surface area contributed by atoms with E-state index in [4.69, 9.17) is 11.6 Å². The predicted octanol–water partition coefficient (Wildman–Crippen LogP) is 1.88. The van der Waals surface area contributed by atoms with E-state index in [0.29, 0.717) is 6.07 Å². The van der Waals surface area contributed by atoms with Crippen LogP contribution in [0.15, 0.2) is 47.6 Å². The van der Waals surface area contributed by atoms with Crippen molar-refractivity contribution in [3.63, 3.8) is 0 Å². The average molecular weight is 451 g/mol. The molecule has 0 aliphatic heterocycles. The number of hydrogen-bond acceptors (Lipinski definition) is 5. The van der Waals surface area contributed by atoms with Gasteiger partial charge in [0.05, 0.1) is 21.0 Å². The Hall–Kier alpha value is -2.70. The number of carbonyl (C=O) groups is 2. The van der Waals surface area contributed by atoms with Crippen LogP contribution in [0.5, 0.6) is 0 Å². The number of aromatic nitrogens is 1. The van der Waals surface area contributed by atoms with Crippen LogP contribution in [0.3, 0.4) is 0 Å². The molecule has 0 aliphatic carbocycles. The van der Waals surface area contributed by atoms with Crippen LogP contribution < -0.4 is 15.6 Å². The van der Waals surface area contributed by atoms with Crippen LogP contribution >= 0.6 is 11.6 Å². The van der Waals surface area contributed by atoms with Gasteiger partial charge in [0, 0.05) is 25.4 Å². The highest BCUT2D eigenvalue weighted by Gasteiger charge is 2.34. The largest absolute Gasteiger partial charge is 0.417 e. The lowest BCUT2D eigenvalue weighted by Crippen LogP contribution is -2.42. The molecule has 0 unspecified atom stereocenters. The van der Waals surface area contributed by atoms with Gasteiger partial charge in [0.25, 0.3) is 5.91 Å². The first-order chi connectivity index (χ1) is 13.5. The third-order valence-corrected chi connectivity index (χ3v) is 5.23. The van der Waals surface area contributed by atoms with Gasteiger partial charge in [-0.2, -0.15) is 13.2 Å². The highest BCUT2D eigenvalue weighted by molar-refractivity contribution is 7.89. The summed E-state index contributed by atoms with van der Waals surface area (Å²) in [5.74, 6) is -1.36. The maximum Gasteiger partial charge on any atom is 0.417 e. The van der Waals surface area contributed by atoms with Crippen LogP contribution in [0.4, 0.5) is 13.2 Å². The van der Waals surface area contributed by atoms with E-state index in [2.05, 4.69) is 15.8 Å². The van der Waals surface area contributed by atoms with E-state index in [9.17, 15) is 31.2 Å². The fourth-order valence-electron chi connectivity index (χ4n) is 2.03. The average Bonchev–Trinajstić information content (AvgIpc) is 2.66. The zero-order valence-corrected chi connectivity index (χ0v) is 16.0. The molecule has 0 saturated carbocycles. The molecule has 29 heavy (non-hydrogen) atoms. The van der Waals surface area contributed by atoms with E-state index in [1.807, 2.05) is 4.72 Å². The zero-order chi connectivity index (χ0) is 21.7. The van der Waals surface area contributed by atoms with Crippen molar-refractivity contribution in [2.24, 2.45) is 0 Å². The molecule has 1 aromatic carbocycles. The van der Waals surface area contributed by atoms with E-state index in [1.54, 1.807) is 0 Å². The van der Waals surface area contributed by atoms with Crippen molar-refractivity contribution in [1.82, 2.24) is 20.6 Å². The van der Waals surface area contributed by atoms with Gasteiger partial charge in [-0.25, -0.2) is 13.1 Å². The molecule has 13 heteroatoms. The molecule has 2 amide bonds. The van der Waals surface area contributed by atoms with Gasteiger partial charge in [0.2, 0.25) is 15.9 Å². The summed E-state index contributed by atoms with van der Waals surface area (Å²) in [6.45, 7) is -0.416. The number of hydrazine groups is 1. The lowest BCUT2D eigenvalue weighted by Gasteiger charge is -2.12. The first-order valence-corrected chi connectivity index (χ1v) is 9.72. The Morgan fingerprint density at radius 1 is 1.14 bits per heavy atom. The third kappa shape index (κ3) is 6.41. The van der Waals surface area contributed by atoms with Crippen LogP contribution in [0, 0.1) is 0 Å². The summed E-state index contributed by atoms with van der Waals surface area (Å²) in [5, 5.41) is -0.639. The molecule has 2 rings (SSSR count). The SMILES string of the molecule is O=C(CCNS(=O)(=O)c1ccc(Cl)c(C(F)(F)F)c1)NNC(=O)c1cccnc1. The lowest BCUT2D eigenvalue weighted by molar-refractivity contribution is -0.137. The second kappa shape index (κ2) is 9.20. The van der Waals surface area contributed by atoms with Crippen molar-refractivity contribution in [3.8, 4) is 0 Å². The molecule has 8 nitrogen and oxygen atoms in total. The molecule has 156 valence electrons. The van der Waals surface area contributed by atoms with Crippen molar-refractivity contribution in [3.05, 3.63) is 58.9 Å². The number of nitrogens with one attached hydrogen (secondary N) is 3. The van der Waals surface area contributed by atoms with Gasteiger partial charge in [-0.15, -0.1) is 0 Å². The summed E-state index contributed by atoms with van der Waals surface area (Å²) < 4.78 is 64.8. The van der Waals surface area contributed by atoms with E-state index in [0.717, 1.165) is 12.1 Å². The van der Waals surface area contributed by atoms with Crippen LogP contribution in [0.1, 0.15) is 22.3 Å². The van der Waals surface area contributed by atoms with Crippen LogP contribution in [-0.4, -0.2) is 31.8 Å². The van der Waals surface area contributed by atoms with Crippen LogP contribution in [0.2, 0.25) is 5.02 Å². The number of carbonyl (C=O) groups excluding carboxylic acids is 2. The van der Waals surface area contributed by atoms with E-state index in [1.165, 1.54) is 24.5 Å². The molecule has 0 saturated heterocycles. The smallest absolute Gasteiger partial charge is 0.273 e. The van der Waals surface area contributed by atoms with Crippen molar-refractivity contribution in [2.45, 2.75) is 17.5 Å². The fraction of sp³-hybridized carbons (Fsp3) is 0.188. The first-order valence-electron chi connectivity index (χ1n) is 7.86. The molecule has 1 heterocycles. The van der Waals surface area contributed by atoms with E-state index in [-0.39, 0.29) is 12.0 Å². The monoisotopic (exact) mass is 450 g/mol. The second-order valence-corrected chi connectivity index (χ2v) is 7.71. The highest BCUT2D eigenvalue weighted by atomic mass is 35.5. The summed E-state index contributed by atoms with van der Waals surface area (Å²) in [4.78, 5) is 26.5. The zero-order valence-electron chi connectivity index (χ0n) is 14.5. The van der Waals surface area contributed by atoms with Crippen molar-refractivity contribution >= 4 is 33.4 Å². The summed E-state index contributed by atoms with van der Waals surface area (Å²) in [6, 6.07) is 5.11. The van der Waals surface area contributed by atoms with Gasteiger partial charge in [-0.3, -0.25) is 25.4 Å². The molecule has 0 fully saturated rings. The van der Waals surface area contributed by atoms with Gasteiger partial charge in [-0.1, -0.05) is 11.6 Å². The Morgan fingerprint density at radius 2 is 1.86 bits per heavy atom. The Bertz CT molecular complexity index is 1000. The maximum absolute atomic E-state index is 12.9. The highest BCUT2D eigenvalue weighted by Crippen LogP contribution is 2.35. The van der Waals surface area contributed by atoms with Gasteiger partial charge >= 0.3 is 6.18 Å². The number of hydrogen-bond donors (Lipinski definition) is 3. The second-order valence-electron chi connectivity index (χ2n) is 5.53. The Labute approximate surface area is 168 Å². The molecule has 2 aromatic rings. The summed E-state index contributed by atoms with van der Waals surface area (Å²) in [6.07, 6.45) is -2.47. The van der Waals surface area contributed by atoms with Gasteiger partial charge in [0.15, 0.2) is 0 Å². The molecule has 1 aromatic heterocycles. The van der Waals surface area contributed by atoms with E-state index < -0.39 is 50.0 Å². The normalized spacial score (nSPS) is 11.7. The molecule has 0 atom stereocenters. The number of sulfonamides is 1. The summed E-state index contributed by atoms with van der Waals surface area (Å²) in [7, 11) is -4.31. The fourth-order valence-corrected chi connectivity index (χ4v) is 3.31. The lowest BCUT2D eigenvalue weighted by atomic mass is 10.2. The maximum atomic E-state index is 12.9. The minimum Gasteiger partial charge on any atom is -0.273 e. The molecule has 0 aliphatic rings. The van der Waals surface area contributed by atoms with Crippen molar-refractivity contribution < 1.29 is 31.2 Å². The predicted molar refractivity (Wildman–Crippen MR) is 96.1 cm³/mol. The van der Waals surface area contributed by atoms with Crippen molar-refractivity contribution in [1.29, 1.82) is 0 Å².